The van der Waals surface area contributed by atoms with Crippen molar-refractivity contribution < 1.29 is 33.0 Å². The Hall–Kier alpha value is -2.87. The van der Waals surface area contributed by atoms with Crippen LogP contribution in [0.5, 0.6) is 0 Å². The van der Waals surface area contributed by atoms with Crippen molar-refractivity contribution in [1.82, 2.24) is 5.32 Å². The Bertz CT molecular complexity index is 818. The molecular formula is C19H18F3NO4. The van der Waals surface area contributed by atoms with Crippen molar-refractivity contribution in [3.8, 4) is 0 Å². The summed E-state index contributed by atoms with van der Waals surface area (Å²) in [6.45, 7) is 1.84. The second-order valence-corrected chi connectivity index (χ2v) is 6.11. The smallest absolute Gasteiger partial charge is 0.416 e. The van der Waals surface area contributed by atoms with Gasteiger partial charge in [-0.1, -0.05) is 42.0 Å². The minimum absolute atomic E-state index is 0.00247. The summed E-state index contributed by atoms with van der Waals surface area (Å²) in [6, 6.07) is 9.22. The molecule has 0 aromatic heterocycles. The topological polar surface area (TPSA) is 86.6 Å². The fourth-order valence-electron chi connectivity index (χ4n) is 2.53. The van der Waals surface area contributed by atoms with Crippen molar-refractivity contribution in [1.29, 1.82) is 0 Å². The number of rotatable bonds is 6. The number of alkyl halides is 3. The maximum Gasteiger partial charge on any atom is 0.416 e. The number of aryl methyl sites for hydroxylation is 1. The molecule has 5 nitrogen and oxygen atoms in total. The molecule has 2 rings (SSSR count). The van der Waals surface area contributed by atoms with Crippen LogP contribution in [-0.4, -0.2) is 28.1 Å². The van der Waals surface area contributed by atoms with Crippen LogP contribution in [0.2, 0.25) is 0 Å². The van der Waals surface area contributed by atoms with Crippen LogP contribution in [-0.2, 0) is 22.2 Å². The first-order chi connectivity index (χ1) is 12.6. The normalized spacial score (nSPS) is 13.7. The van der Waals surface area contributed by atoms with Crippen molar-refractivity contribution in [2.75, 3.05) is 0 Å². The lowest BCUT2D eigenvalue weighted by atomic mass is 10.0. The fourth-order valence-corrected chi connectivity index (χ4v) is 2.53. The van der Waals surface area contributed by atoms with E-state index in [1.165, 1.54) is 0 Å². The highest BCUT2D eigenvalue weighted by molar-refractivity contribution is 5.87. The number of carboxylic acid groups (broad SMARTS) is 1. The molecule has 0 spiro atoms. The van der Waals surface area contributed by atoms with E-state index in [1.54, 1.807) is 18.2 Å². The monoisotopic (exact) mass is 381 g/mol. The van der Waals surface area contributed by atoms with Crippen LogP contribution < -0.4 is 5.32 Å². The number of hydrogen-bond donors (Lipinski definition) is 3. The zero-order chi connectivity index (χ0) is 20.2. The molecule has 0 aliphatic carbocycles. The summed E-state index contributed by atoms with van der Waals surface area (Å²) in [4.78, 5) is 23.6. The van der Waals surface area contributed by atoms with Crippen molar-refractivity contribution >= 4 is 11.9 Å². The molecule has 0 heterocycles. The highest BCUT2D eigenvalue weighted by Gasteiger charge is 2.31. The van der Waals surface area contributed by atoms with Gasteiger partial charge in [-0.2, -0.15) is 13.2 Å². The molecule has 0 saturated carbocycles. The third-order valence-corrected chi connectivity index (χ3v) is 3.94. The quantitative estimate of drug-likeness (QED) is 0.718. The second kappa shape index (κ2) is 8.22. The highest BCUT2D eigenvalue weighted by atomic mass is 19.4. The molecule has 1 amide bonds. The van der Waals surface area contributed by atoms with Gasteiger partial charge in [-0.15, -0.1) is 0 Å². The Morgan fingerprint density at radius 3 is 2.26 bits per heavy atom. The van der Waals surface area contributed by atoms with Crippen molar-refractivity contribution in [3.05, 3.63) is 70.8 Å². The van der Waals surface area contributed by atoms with E-state index in [0.29, 0.717) is 5.56 Å². The number of aliphatic carboxylic acids is 1. The van der Waals surface area contributed by atoms with Crippen LogP contribution >= 0.6 is 0 Å². The summed E-state index contributed by atoms with van der Waals surface area (Å²) < 4.78 is 37.7. The summed E-state index contributed by atoms with van der Waals surface area (Å²) in [7, 11) is 0. The van der Waals surface area contributed by atoms with Crippen LogP contribution in [0.4, 0.5) is 13.2 Å². The third kappa shape index (κ3) is 5.55. The van der Waals surface area contributed by atoms with Gasteiger partial charge in [-0.25, -0.2) is 4.79 Å². The molecule has 8 heteroatoms. The molecule has 2 aromatic carbocycles. The van der Waals surface area contributed by atoms with Gasteiger partial charge in [0.2, 0.25) is 0 Å². The van der Waals surface area contributed by atoms with Gasteiger partial charge in [-0.05, 0) is 30.2 Å². The van der Waals surface area contributed by atoms with Gasteiger partial charge in [0.05, 0.1) is 5.56 Å². The van der Waals surface area contributed by atoms with Crippen molar-refractivity contribution in [3.63, 3.8) is 0 Å². The van der Waals surface area contributed by atoms with E-state index in [9.17, 15) is 33.0 Å². The molecule has 2 aromatic rings. The molecule has 0 radical (unpaired) electrons. The molecule has 144 valence electrons. The zero-order valence-corrected chi connectivity index (χ0v) is 14.3. The van der Waals surface area contributed by atoms with E-state index in [0.717, 1.165) is 29.8 Å². The van der Waals surface area contributed by atoms with Gasteiger partial charge in [-0.3, -0.25) is 4.79 Å². The summed E-state index contributed by atoms with van der Waals surface area (Å²) in [6.07, 6.45) is -6.32. The minimum atomic E-state index is -4.53. The highest BCUT2D eigenvalue weighted by Crippen LogP contribution is 2.30. The number of carboxylic acids is 1. The first-order valence-corrected chi connectivity index (χ1v) is 8.02. The number of amides is 1. The van der Waals surface area contributed by atoms with Crippen LogP contribution in [0, 0.1) is 6.92 Å². The predicted molar refractivity (Wildman–Crippen MR) is 90.9 cm³/mol. The van der Waals surface area contributed by atoms with Gasteiger partial charge < -0.3 is 15.5 Å². The average molecular weight is 381 g/mol. The second-order valence-electron chi connectivity index (χ2n) is 6.11. The van der Waals surface area contributed by atoms with Crippen molar-refractivity contribution in [2.45, 2.75) is 31.7 Å². The van der Waals surface area contributed by atoms with Gasteiger partial charge >= 0.3 is 12.1 Å². The number of aliphatic hydroxyl groups excluding tert-OH is 1. The number of carbonyl (C=O) groups is 2. The molecule has 27 heavy (non-hydrogen) atoms. The summed E-state index contributed by atoms with van der Waals surface area (Å²) in [5.41, 5.74) is 0.626. The zero-order valence-electron chi connectivity index (χ0n) is 14.3. The van der Waals surface area contributed by atoms with Gasteiger partial charge in [0, 0.05) is 6.42 Å². The molecule has 0 fully saturated rings. The Balaban J connectivity index is 2.09. The van der Waals surface area contributed by atoms with E-state index >= 15 is 0 Å². The average Bonchev–Trinajstić information content (AvgIpc) is 2.59. The first kappa shape index (κ1) is 20.4. The van der Waals surface area contributed by atoms with Gasteiger partial charge in [0.1, 0.15) is 6.04 Å². The standard InChI is InChI=1S/C19H18F3NO4/c1-11-3-2-4-12(9-11)10-15(18(26)27)23-17(25)16(24)13-5-7-14(8-6-13)19(20,21)22/h2-9,15-16,24H,10H2,1H3,(H,23,25)(H,26,27)/t15-,16-/m1/s1. The number of nitrogens with one attached hydrogen (secondary N) is 1. The fraction of sp³-hybridized carbons (Fsp3) is 0.263. The SMILES string of the molecule is Cc1cccc(C[C@@H](NC(=O)[C@H](O)c2ccc(C(F)(F)F)cc2)C(=O)O)c1. The summed E-state index contributed by atoms with van der Waals surface area (Å²) in [5.74, 6) is -2.29. The molecule has 0 bridgehead atoms. The number of carbonyl (C=O) groups excluding carboxylic acids is 1. The third-order valence-electron chi connectivity index (χ3n) is 3.94. The lowest BCUT2D eigenvalue weighted by Gasteiger charge is -2.18. The molecule has 0 saturated heterocycles. The maximum atomic E-state index is 12.6. The largest absolute Gasteiger partial charge is 0.480 e. The van der Waals surface area contributed by atoms with E-state index in [2.05, 4.69) is 5.32 Å². The minimum Gasteiger partial charge on any atom is -0.480 e. The van der Waals surface area contributed by atoms with E-state index in [4.69, 9.17) is 0 Å². The molecule has 0 unspecified atom stereocenters. The maximum absolute atomic E-state index is 12.6. The van der Waals surface area contributed by atoms with Gasteiger partial charge in [0.25, 0.3) is 5.91 Å². The molecule has 3 N–H and O–H groups in total. The van der Waals surface area contributed by atoms with Crippen LogP contribution in [0.15, 0.2) is 48.5 Å². The van der Waals surface area contributed by atoms with E-state index in [-0.39, 0.29) is 12.0 Å². The van der Waals surface area contributed by atoms with E-state index in [1.807, 2.05) is 13.0 Å². The number of benzene rings is 2. The Labute approximate surface area is 153 Å². The first-order valence-electron chi connectivity index (χ1n) is 8.02. The lowest BCUT2D eigenvalue weighted by Crippen LogP contribution is -2.44. The molecule has 2 atom stereocenters. The Morgan fingerprint density at radius 2 is 1.74 bits per heavy atom. The number of hydrogen-bond acceptors (Lipinski definition) is 3. The number of aliphatic hydroxyl groups is 1. The van der Waals surface area contributed by atoms with E-state index < -0.39 is 35.8 Å². The van der Waals surface area contributed by atoms with Crippen LogP contribution in [0.25, 0.3) is 0 Å². The summed E-state index contributed by atoms with van der Waals surface area (Å²) in [5, 5.41) is 21.6. The summed E-state index contributed by atoms with van der Waals surface area (Å²) >= 11 is 0. The molecule has 0 aliphatic heterocycles. The molecule has 0 aliphatic rings. The Kier molecular flexibility index (Phi) is 6.22. The van der Waals surface area contributed by atoms with Crippen molar-refractivity contribution in [2.24, 2.45) is 0 Å². The Morgan fingerprint density at radius 1 is 1.11 bits per heavy atom. The number of halogens is 3. The lowest BCUT2D eigenvalue weighted by molar-refractivity contribution is -0.143. The van der Waals surface area contributed by atoms with Gasteiger partial charge in [0.15, 0.2) is 6.10 Å². The predicted octanol–water partition coefficient (Wildman–Crippen LogP) is 2.86. The molecular weight excluding hydrogens is 363 g/mol. The van der Waals surface area contributed by atoms with Crippen LogP contribution in [0.3, 0.4) is 0 Å². The van der Waals surface area contributed by atoms with Crippen LogP contribution in [0.1, 0.15) is 28.4 Å².